The zero-order chi connectivity index (χ0) is 18.9. The molecule has 2 rings (SSSR count). The van der Waals surface area contributed by atoms with Gasteiger partial charge in [0.1, 0.15) is 5.76 Å². The molecule has 5 heteroatoms. The molecule has 0 spiro atoms. The molecule has 0 aromatic heterocycles. The second-order valence-corrected chi connectivity index (χ2v) is 6.03. The summed E-state index contributed by atoms with van der Waals surface area (Å²) in [7, 11) is 0. The monoisotopic (exact) mass is 355 g/mol. The van der Waals surface area contributed by atoms with Gasteiger partial charge in [-0.15, -0.1) is 0 Å². The van der Waals surface area contributed by atoms with Crippen molar-refractivity contribution in [2.45, 2.75) is 26.7 Å². The van der Waals surface area contributed by atoms with Crippen molar-refractivity contribution >= 4 is 11.9 Å². The number of carbonyl (C=O) groups excluding carboxylic acids is 1. The van der Waals surface area contributed by atoms with Crippen LogP contribution in [-0.2, 0) is 16.0 Å². The maximum Gasteiger partial charge on any atom is 0.341 e. The molecule has 0 fully saturated rings. The summed E-state index contributed by atoms with van der Waals surface area (Å²) >= 11 is 0. The van der Waals surface area contributed by atoms with E-state index in [4.69, 9.17) is 9.84 Å². The number of nitrogens with zero attached hydrogens (tertiary/aromatic N) is 1. The van der Waals surface area contributed by atoms with Crippen LogP contribution in [0.5, 0.6) is 0 Å². The lowest BCUT2D eigenvalue weighted by Crippen LogP contribution is -2.30. The number of ether oxygens (including phenoxy) is 1. The van der Waals surface area contributed by atoms with E-state index in [0.29, 0.717) is 24.4 Å². The van der Waals surface area contributed by atoms with Crippen molar-refractivity contribution in [1.82, 2.24) is 4.90 Å². The van der Waals surface area contributed by atoms with Gasteiger partial charge < -0.3 is 14.7 Å². The maximum atomic E-state index is 12.3. The molecule has 1 aromatic carbocycles. The number of rotatable bonds is 8. The molecule has 1 aromatic rings. The van der Waals surface area contributed by atoms with Gasteiger partial charge in [0.05, 0.1) is 0 Å². The number of carboxylic acid groups (broad SMARTS) is 1. The zero-order valence-corrected chi connectivity index (χ0v) is 15.3. The number of aliphatic carboxylic acids is 1. The SMILES string of the molecule is CCN(CC)C(=O)c1ccc(CC2=CC=C(OCC(=O)O)C=CC2)cc1. The van der Waals surface area contributed by atoms with Crippen LogP contribution in [0, 0.1) is 0 Å². The second kappa shape index (κ2) is 9.61. The first-order valence-electron chi connectivity index (χ1n) is 8.82. The topological polar surface area (TPSA) is 66.8 Å². The van der Waals surface area contributed by atoms with E-state index in [-0.39, 0.29) is 12.5 Å². The molecular formula is C21H25NO4. The van der Waals surface area contributed by atoms with Crippen LogP contribution in [0.1, 0.15) is 36.2 Å². The fourth-order valence-electron chi connectivity index (χ4n) is 2.74. The first kappa shape index (κ1) is 19.5. The molecule has 0 saturated carbocycles. The van der Waals surface area contributed by atoms with Crippen LogP contribution in [0.2, 0.25) is 0 Å². The summed E-state index contributed by atoms with van der Waals surface area (Å²) in [5.74, 6) is -0.393. The highest BCUT2D eigenvalue weighted by Crippen LogP contribution is 2.18. The van der Waals surface area contributed by atoms with E-state index < -0.39 is 5.97 Å². The van der Waals surface area contributed by atoms with Gasteiger partial charge in [0.15, 0.2) is 6.61 Å². The maximum absolute atomic E-state index is 12.3. The van der Waals surface area contributed by atoms with Gasteiger partial charge in [-0.2, -0.15) is 0 Å². The lowest BCUT2D eigenvalue weighted by atomic mass is 10.0. The predicted octanol–water partition coefficient (Wildman–Crippen LogP) is 3.58. The number of carbonyl (C=O) groups is 2. The Morgan fingerprint density at radius 3 is 2.42 bits per heavy atom. The van der Waals surface area contributed by atoms with Crippen LogP contribution in [-0.4, -0.2) is 41.6 Å². The van der Waals surface area contributed by atoms with E-state index in [1.807, 2.05) is 50.3 Å². The minimum Gasteiger partial charge on any atom is -0.482 e. The highest BCUT2D eigenvalue weighted by Gasteiger charge is 2.12. The number of hydrogen-bond acceptors (Lipinski definition) is 3. The average Bonchev–Trinajstić information content (AvgIpc) is 2.86. The van der Waals surface area contributed by atoms with Crippen LogP contribution in [0.3, 0.4) is 0 Å². The van der Waals surface area contributed by atoms with Crippen LogP contribution < -0.4 is 0 Å². The second-order valence-electron chi connectivity index (χ2n) is 6.03. The van der Waals surface area contributed by atoms with Crippen molar-refractivity contribution in [3.05, 3.63) is 71.0 Å². The fraction of sp³-hybridized carbons (Fsp3) is 0.333. The van der Waals surface area contributed by atoms with Gasteiger partial charge in [-0.3, -0.25) is 4.79 Å². The molecule has 26 heavy (non-hydrogen) atoms. The molecule has 0 heterocycles. The number of carboxylic acids is 1. The third-order valence-electron chi connectivity index (χ3n) is 4.19. The number of hydrogen-bond donors (Lipinski definition) is 1. The Morgan fingerprint density at radius 1 is 1.12 bits per heavy atom. The highest BCUT2D eigenvalue weighted by atomic mass is 16.5. The van der Waals surface area contributed by atoms with Gasteiger partial charge >= 0.3 is 5.97 Å². The summed E-state index contributed by atoms with van der Waals surface area (Å²) in [6.07, 6.45) is 9.05. The molecule has 0 aliphatic heterocycles. The Balaban J connectivity index is 2.01. The van der Waals surface area contributed by atoms with Crippen LogP contribution in [0.15, 0.2) is 59.9 Å². The Labute approximate surface area is 154 Å². The van der Waals surface area contributed by atoms with E-state index in [9.17, 15) is 9.59 Å². The molecule has 1 N–H and O–H groups in total. The van der Waals surface area contributed by atoms with Gasteiger partial charge in [0.25, 0.3) is 5.91 Å². The normalized spacial score (nSPS) is 13.5. The molecule has 1 aliphatic rings. The van der Waals surface area contributed by atoms with E-state index in [0.717, 1.165) is 18.4 Å². The first-order chi connectivity index (χ1) is 12.5. The van der Waals surface area contributed by atoms with Gasteiger partial charge in [-0.25, -0.2) is 4.79 Å². The summed E-state index contributed by atoms with van der Waals surface area (Å²) in [5, 5.41) is 8.67. The van der Waals surface area contributed by atoms with Gasteiger partial charge in [-0.1, -0.05) is 29.9 Å². The van der Waals surface area contributed by atoms with Crippen molar-refractivity contribution in [3.63, 3.8) is 0 Å². The molecule has 0 radical (unpaired) electrons. The Kier molecular flexibility index (Phi) is 7.21. The molecule has 138 valence electrons. The quantitative estimate of drug-likeness (QED) is 0.774. The molecule has 0 saturated heterocycles. The standard InChI is InChI=1S/C21H25NO4/c1-3-22(4-2)21(25)18-11-8-17(9-12-18)14-16-6-5-7-19(13-10-16)26-15-20(23)24/h5,7-13H,3-4,6,14-15H2,1-2H3,(H,23,24). The summed E-state index contributed by atoms with van der Waals surface area (Å²) < 4.78 is 5.20. The summed E-state index contributed by atoms with van der Waals surface area (Å²) in [6.45, 7) is 5.01. The minimum absolute atomic E-state index is 0.0568. The average molecular weight is 355 g/mol. The number of amides is 1. The fourth-order valence-corrected chi connectivity index (χ4v) is 2.74. The molecule has 0 bridgehead atoms. The minimum atomic E-state index is -0.993. The molecule has 1 amide bonds. The summed E-state index contributed by atoms with van der Waals surface area (Å²) in [4.78, 5) is 24.7. The van der Waals surface area contributed by atoms with E-state index in [1.54, 1.807) is 17.1 Å². The lowest BCUT2D eigenvalue weighted by Gasteiger charge is -2.18. The van der Waals surface area contributed by atoms with Gasteiger partial charge in [-0.05, 0) is 56.5 Å². The largest absolute Gasteiger partial charge is 0.482 e. The molecular weight excluding hydrogens is 330 g/mol. The summed E-state index contributed by atoms with van der Waals surface area (Å²) in [6, 6.07) is 7.72. The van der Waals surface area contributed by atoms with Crippen LogP contribution in [0.4, 0.5) is 0 Å². The van der Waals surface area contributed by atoms with Crippen LogP contribution in [0.25, 0.3) is 0 Å². The van der Waals surface area contributed by atoms with Crippen LogP contribution >= 0.6 is 0 Å². The van der Waals surface area contributed by atoms with E-state index in [1.165, 1.54) is 5.57 Å². The highest BCUT2D eigenvalue weighted by molar-refractivity contribution is 5.94. The third kappa shape index (κ3) is 5.62. The van der Waals surface area contributed by atoms with Crippen molar-refractivity contribution < 1.29 is 19.4 Å². The molecule has 0 unspecified atom stereocenters. The van der Waals surface area contributed by atoms with Crippen molar-refractivity contribution in [1.29, 1.82) is 0 Å². The Morgan fingerprint density at radius 2 is 1.81 bits per heavy atom. The van der Waals surface area contributed by atoms with E-state index in [2.05, 4.69) is 0 Å². The lowest BCUT2D eigenvalue weighted by molar-refractivity contribution is -0.140. The Hall–Kier alpha value is -2.82. The number of allylic oxidation sites excluding steroid dienone is 5. The zero-order valence-electron chi connectivity index (χ0n) is 15.3. The van der Waals surface area contributed by atoms with Gasteiger partial charge in [0, 0.05) is 18.7 Å². The molecule has 1 aliphatic carbocycles. The van der Waals surface area contributed by atoms with Crippen molar-refractivity contribution in [2.75, 3.05) is 19.7 Å². The molecule has 0 atom stereocenters. The Bertz CT molecular complexity index is 725. The third-order valence-corrected chi connectivity index (χ3v) is 4.19. The van der Waals surface area contributed by atoms with Crippen molar-refractivity contribution in [3.8, 4) is 0 Å². The predicted molar refractivity (Wildman–Crippen MR) is 101 cm³/mol. The van der Waals surface area contributed by atoms with E-state index >= 15 is 0 Å². The first-order valence-corrected chi connectivity index (χ1v) is 8.82. The van der Waals surface area contributed by atoms with Crippen molar-refractivity contribution in [2.24, 2.45) is 0 Å². The molecule has 5 nitrogen and oxygen atoms in total. The smallest absolute Gasteiger partial charge is 0.341 e. The van der Waals surface area contributed by atoms with Gasteiger partial charge in [0.2, 0.25) is 0 Å². The number of benzene rings is 1. The summed E-state index contributed by atoms with van der Waals surface area (Å²) in [5.41, 5.74) is 3.03.